The molecule has 3 heteroatoms. The molecule has 1 aliphatic heterocycles. The average molecular weight is 224 g/mol. The molecule has 1 saturated heterocycles. The fourth-order valence-corrected chi connectivity index (χ4v) is 2.98. The van der Waals surface area contributed by atoms with E-state index in [9.17, 15) is 4.79 Å². The number of nitrogens with one attached hydrogen (secondary N) is 2. The number of amides is 1. The summed E-state index contributed by atoms with van der Waals surface area (Å²) >= 11 is 0. The van der Waals surface area contributed by atoms with Crippen LogP contribution in [0, 0.1) is 5.92 Å². The Balaban J connectivity index is 1.76. The summed E-state index contributed by atoms with van der Waals surface area (Å²) < 4.78 is 0. The molecule has 0 spiro atoms. The molecular weight excluding hydrogens is 200 g/mol. The van der Waals surface area contributed by atoms with Crippen LogP contribution in [0.3, 0.4) is 0 Å². The number of carbonyl (C=O) groups is 1. The van der Waals surface area contributed by atoms with Gasteiger partial charge in [0.05, 0.1) is 6.04 Å². The first-order valence-electron chi connectivity index (χ1n) is 6.81. The first kappa shape index (κ1) is 11.9. The van der Waals surface area contributed by atoms with Gasteiger partial charge < -0.3 is 10.6 Å². The molecule has 1 saturated carbocycles. The van der Waals surface area contributed by atoms with Gasteiger partial charge in [-0.2, -0.15) is 0 Å². The lowest BCUT2D eigenvalue weighted by molar-refractivity contribution is -0.124. The second kappa shape index (κ2) is 5.67. The van der Waals surface area contributed by atoms with Crippen molar-refractivity contribution >= 4 is 5.91 Å². The molecule has 0 unspecified atom stereocenters. The van der Waals surface area contributed by atoms with Crippen LogP contribution >= 0.6 is 0 Å². The van der Waals surface area contributed by atoms with Crippen LogP contribution in [0.5, 0.6) is 0 Å². The number of carbonyl (C=O) groups excluding carboxylic acids is 1. The maximum absolute atomic E-state index is 12.0. The summed E-state index contributed by atoms with van der Waals surface area (Å²) in [5.74, 6) is 0.937. The van der Waals surface area contributed by atoms with Gasteiger partial charge in [0.25, 0.3) is 0 Å². The van der Waals surface area contributed by atoms with Crippen LogP contribution in [-0.2, 0) is 4.79 Å². The summed E-state index contributed by atoms with van der Waals surface area (Å²) in [6.45, 7) is 3.16. The van der Waals surface area contributed by atoms with E-state index < -0.39 is 0 Å². The Labute approximate surface area is 98.4 Å². The van der Waals surface area contributed by atoms with Crippen LogP contribution < -0.4 is 10.6 Å². The van der Waals surface area contributed by atoms with E-state index in [0.29, 0.717) is 12.0 Å². The van der Waals surface area contributed by atoms with Crippen molar-refractivity contribution in [1.82, 2.24) is 10.6 Å². The molecule has 2 aliphatic rings. The molecule has 16 heavy (non-hydrogen) atoms. The van der Waals surface area contributed by atoms with E-state index in [-0.39, 0.29) is 11.9 Å². The predicted molar refractivity (Wildman–Crippen MR) is 65.2 cm³/mol. The molecule has 0 aromatic rings. The highest BCUT2D eigenvalue weighted by molar-refractivity contribution is 5.82. The maximum Gasteiger partial charge on any atom is 0.237 e. The summed E-state index contributed by atoms with van der Waals surface area (Å²) in [5, 5.41) is 6.49. The third-order valence-corrected chi connectivity index (χ3v) is 4.10. The van der Waals surface area contributed by atoms with E-state index in [4.69, 9.17) is 0 Å². The lowest BCUT2D eigenvalue weighted by Gasteiger charge is -2.26. The van der Waals surface area contributed by atoms with Crippen LogP contribution in [-0.4, -0.2) is 24.5 Å². The molecule has 0 radical (unpaired) electrons. The number of hydrogen-bond acceptors (Lipinski definition) is 2. The number of piperidine rings is 1. The SMILES string of the molecule is C[C@H](NC(=O)[C@@H]1CCCCN1)C1CCCC1. The summed E-state index contributed by atoms with van der Waals surface area (Å²) in [5.41, 5.74) is 0. The van der Waals surface area contributed by atoms with Crippen LogP contribution in [0.25, 0.3) is 0 Å². The Morgan fingerprint density at radius 3 is 2.50 bits per heavy atom. The Morgan fingerprint density at radius 1 is 1.19 bits per heavy atom. The topological polar surface area (TPSA) is 41.1 Å². The predicted octanol–water partition coefficient (Wildman–Crippen LogP) is 1.82. The van der Waals surface area contributed by atoms with Crippen LogP contribution in [0.15, 0.2) is 0 Å². The normalized spacial score (nSPS) is 28.9. The third-order valence-electron chi connectivity index (χ3n) is 4.10. The van der Waals surface area contributed by atoms with Crippen molar-refractivity contribution in [1.29, 1.82) is 0 Å². The number of hydrogen-bond donors (Lipinski definition) is 2. The quantitative estimate of drug-likeness (QED) is 0.768. The highest BCUT2D eigenvalue weighted by atomic mass is 16.2. The summed E-state index contributed by atoms with van der Waals surface area (Å²) in [6.07, 6.45) is 8.66. The first-order chi connectivity index (χ1) is 7.77. The van der Waals surface area contributed by atoms with Crippen molar-refractivity contribution in [2.24, 2.45) is 5.92 Å². The zero-order valence-corrected chi connectivity index (χ0v) is 10.3. The van der Waals surface area contributed by atoms with Crippen molar-refractivity contribution in [3.05, 3.63) is 0 Å². The smallest absolute Gasteiger partial charge is 0.237 e. The van der Waals surface area contributed by atoms with E-state index in [1.165, 1.54) is 38.5 Å². The molecular formula is C13H24N2O. The van der Waals surface area contributed by atoms with Crippen molar-refractivity contribution in [2.75, 3.05) is 6.54 Å². The molecule has 0 aromatic heterocycles. The zero-order chi connectivity index (χ0) is 11.4. The van der Waals surface area contributed by atoms with Gasteiger partial charge in [-0.3, -0.25) is 4.79 Å². The highest BCUT2D eigenvalue weighted by Gasteiger charge is 2.26. The fraction of sp³-hybridized carbons (Fsp3) is 0.923. The Hall–Kier alpha value is -0.570. The maximum atomic E-state index is 12.0. The second-order valence-electron chi connectivity index (χ2n) is 5.34. The number of rotatable bonds is 3. The van der Waals surface area contributed by atoms with E-state index >= 15 is 0 Å². The molecule has 3 nitrogen and oxygen atoms in total. The minimum Gasteiger partial charge on any atom is -0.352 e. The lowest BCUT2D eigenvalue weighted by atomic mass is 9.98. The first-order valence-corrected chi connectivity index (χ1v) is 6.81. The van der Waals surface area contributed by atoms with Gasteiger partial charge in [0, 0.05) is 6.04 Å². The zero-order valence-electron chi connectivity index (χ0n) is 10.3. The molecule has 92 valence electrons. The van der Waals surface area contributed by atoms with Gasteiger partial charge in [0.1, 0.15) is 0 Å². The minimum atomic E-state index is 0.0672. The van der Waals surface area contributed by atoms with Crippen LogP contribution in [0.1, 0.15) is 51.9 Å². The molecule has 0 bridgehead atoms. The van der Waals surface area contributed by atoms with Crippen molar-refractivity contribution in [3.8, 4) is 0 Å². The largest absolute Gasteiger partial charge is 0.352 e. The molecule has 0 aromatic carbocycles. The van der Waals surface area contributed by atoms with E-state index in [1.807, 2.05) is 0 Å². The van der Waals surface area contributed by atoms with Gasteiger partial charge in [0.15, 0.2) is 0 Å². The molecule has 1 heterocycles. The Morgan fingerprint density at radius 2 is 1.88 bits per heavy atom. The van der Waals surface area contributed by atoms with Gasteiger partial charge in [-0.15, -0.1) is 0 Å². The molecule has 1 amide bonds. The summed E-state index contributed by atoms with van der Waals surface area (Å²) in [7, 11) is 0. The van der Waals surface area contributed by atoms with Crippen molar-refractivity contribution < 1.29 is 4.79 Å². The Kier molecular flexibility index (Phi) is 4.22. The van der Waals surface area contributed by atoms with E-state index in [1.54, 1.807) is 0 Å². The summed E-state index contributed by atoms with van der Waals surface area (Å²) in [4.78, 5) is 12.0. The second-order valence-corrected chi connectivity index (χ2v) is 5.34. The van der Waals surface area contributed by atoms with Crippen LogP contribution in [0.4, 0.5) is 0 Å². The van der Waals surface area contributed by atoms with Gasteiger partial charge in [0.2, 0.25) is 5.91 Å². The van der Waals surface area contributed by atoms with Gasteiger partial charge in [-0.1, -0.05) is 19.3 Å². The van der Waals surface area contributed by atoms with Crippen LogP contribution in [0.2, 0.25) is 0 Å². The molecule has 2 N–H and O–H groups in total. The van der Waals surface area contributed by atoms with E-state index in [0.717, 1.165) is 13.0 Å². The van der Waals surface area contributed by atoms with Gasteiger partial charge >= 0.3 is 0 Å². The molecule has 2 fully saturated rings. The third kappa shape index (κ3) is 2.97. The van der Waals surface area contributed by atoms with Crippen molar-refractivity contribution in [3.63, 3.8) is 0 Å². The van der Waals surface area contributed by atoms with Gasteiger partial charge in [-0.25, -0.2) is 0 Å². The molecule has 2 atom stereocenters. The average Bonchev–Trinajstić information content (AvgIpc) is 2.83. The lowest BCUT2D eigenvalue weighted by Crippen LogP contribution is -2.50. The fourth-order valence-electron chi connectivity index (χ4n) is 2.98. The standard InChI is InChI=1S/C13H24N2O/c1-10(11-6-2-3-7-11)15-13(16)12-8-4-5-9-14-12/h10-12,14H,2-9H2,1H3,(H,15,16)/t10-,12-/m0/s1. The minimum absolute atomic E-state index is 0.0672. The highest BCUT2D eigenvalue weighted by Crippen LogP contribution is 2.27. The van der Waals surface area contributed by atoms with E-state index in [2.05, 4.69) is 17.6 Å². The van der Waals surface area contributed by atoms with Gasteiger partial charge in [-0.05, 0) is 45.1 Å². The monoisotopic (exact) mass is 224 g/mol. The summed E-state index contributed by atoms with van der Waals surface area (Å²) in [6, 6.07) is 0.427. The van der Waals surface area contributed by atoms with Crippen molar-refractivity contribution in [2.45, 2.75) is 64.0 Å². The molecule has 1 aliphatic carbocycles. The molecule has 2 rings (SSSR count). The Bertz CT molecular complexity index is 230.